The van der Waals surface area contributed by atoms with Gasteiger partial charge in [0.25, 0.3) is 0 Å². The molecule has 0 aliphatic heterocycles. The Hall–Kier alpha value is -2.75. The molecular weight excluding hydrogens is 337 g/mol. The van der Waals surface area contributed by atoms with E-state index in [-0.39, 0.29) is 29.7 Å². The smallest absolute Gasteiger partial charge is 0.201 e. The molecule has 4 heteroatoms. The first kappa shape index (κ1) is 18.1. The predicted octanol–water partition coefficient (Wildman–Crippen LogP) is 6.32. The van der Waals surface area contributed by atoms with Gasteiger partial charge in [0.2, 0.25) is 5.82 Å². The number of hydrogen-bond acceptors (Lipinski definition) is 1. The summed E-state index contributed by atoms with van der Waals surface area (Å²) in [4.78, 5) is 0. The molecule has 0 amide bonds. The Morgan fingerprint density at radius 1 is 0.846 bits per heavy atom. The molecule has 0 fully saturated rings. The summed E-state index contributed by atoms with van der Waals surface area (Å²) in [5.74, 6) is -2.44. The molecule has 1 atom stereocenters. The zero-order chi connectivity index (χ0) is 18.7. The summed E-state index contributed by atoms with van der Waals surface area (Å²) in [6.07, 6.45) is 0. The van der Waals surface area contributed by atoms with Gasteiger partial charge in [-0.05, 0) is 41.8 Å². The maximum atomic E-state index is 14.3. The number of rotatable bonds is 5. The van der Waals surface area contributed by atoms with Crippen LogP contribution in [0.25, 0.3) is 11.1 Å². The molecule has 0 aliphatic rings. The fourth-order valence-corrected chi connectivity index (χ4v) is 2.98. The third kappa shape index (κ3) is 3.45. The van der Waals surface area contributed by atoms with E-state index in [2.05, 4.69) is 0 Å². The average Bonchev–Trinajstić information content (AvgIpc) is 2.66. The molecule has 0 saturated carbocycles. The van der Waals surface area contributed by atoms with Gasteiger partial charge in [0.1, 0.15) is 5.82 Å². The fraction of sp³-hybridized carbons (Fsp3) is 0.182. The standard InChI is InChI=1S/C22H19F3O/c1-3-26-20-13-12-18(21(24)22(20)25)16-10-8-15(9-11-16)14(2)17-6-4-5-7-19(17)23/h4-14H,3H2,1-2H3. The highest BCUT2D eigenvalue weighted by molar-refractivity contribution is 5.66. The van der Waals surface area contributed by atoms with Gasteiger partial charge in [-0.25, -0.2) is 8.78 Å². The molecule has 0 aliphatic carbocycles. The molecule has 134 valence electrons. The highest BCUT2D eigenvalue weighted by Gasteiger charge is 2.17. The van der Waals surface area contributed by atoms with Gasteiger partial charge in [-0.2, -0.15) is 4.39 Å². The molecule has 0 heterocycles. The zero-order valence-corrected chi connectivity index (χ0v) is 14.6. The van der Waals surface area contributed by atoms with E-state index in [0.29, 0.717) is 11.1 Å². The first-order chi connectivity index (χ1) is 12.5. The highest BCUT2D eigenvalue weighted by atomic mass is 19.2. The van der Waals surface area contributed by atoms with Crippen molar-refractivity contribution in [3.8, 4) is 16.9 Å². The van der Waals surface area contributed by atoms with Crippen LogP contribution in [0, 0.1) is 17.5 Å². The molecule has 3 aromatic rings. The Labute approximate surface area is 151 Å². The van der Waals surface area contributed by atoms with Crippen LogP contribution in [0.5, 0.6) is 5.75 Å². The Morgan fingerprint density at radius 3 is 2.19 bits per heavy atom. The van der Waals surface area contributed by atoms with Crippen LogP contribution >= 0.6 is 0 Å². The van der Waals surface area contributed by atoms with E-state index in [1.807, 2.05) is 6.92 Å². The van der Waals surface area contributed by atoms with Crippen LogP contribution in [0.2, 0.25) is 0 Å². The van der Waals surface area contributed by atoms with Crippen molar-refractivity contribution in [3.63, 3.8) is 0 Å². The lowest BCUT2D eigenvalue weighted by molar-refractivity contribution is 0.314. The first-order valence-electron chi connectivity index (χ1n) is 8.48. The zero-order valence-electron chi connectivity index (χ0n) is 14.6. The van der Waals surface area contributed by atoms with Gasteiger partial charge in [-0.3, -0.25) is 0 Å². The fourth-order valence-electron chi connectivity index (χ4n) is 2.98. The normalized spacial score (nSPS) is 12.0. The number of halogens is 3. The molecule has 0 radical (unpaired) electrons. The van der Waals surface area contributed by atoms with Crippen molar-refractivity contribution >= 4 is 0 Å². The second kappa shape index (κ2) is 7.65. The van der Waals surface area contributed by atoms with Crippen LogP contribution in [0.15, 0.2) is 60.7 Å². The minimum Gasteiger partial charge on any atom is -0.491 e. The Bertz CT molecular complexity index is 904. The number of hydrogen-bond donors (Lipinski definition) is 0. The topological polar surface area (TPSA) is 9.23 Å². The molecule has 1 unspecified atom stereocenters. The highest BCUT2D eigenvalue weighted by Crippen LogP contribution is 2.32. The average molecular weight is 356 g/mol. The third-order valence-corrected chi connectivity index (χ3v) is 4.44. The largest absolute Gasteiger partial charge is 0.491 e. The SMILES string of the molecule is CCOc1ccc(-c2ccc(C(C)c3ccccc3F)cc2)c(F)c1F. The lowest BCUT2D eigenvalue weighted by Gasteiger charge is -2.14. The maximum Gasteiger partial charge on any atom is 0.201 e. The minimum atomic E-state index is -0.992. The van der Waals surface area contributed by atoms with Crippen molar-refractivity contribution < 1.29 is 17.9 Å². The monoisotopic (exact) mass is 356 g/mol. The summed E-state index contributed by atoms with van der Waals surface area (Å²) in [5.41, 5.74) is 2.20. The van der Waals surface area contributed by atoms with Crippen molar-refractivity contribution in [1.82, 2.24) is 0 Å². The van der Waals surface area contributed by atoms with Crippen molar-refractivity contribution in [3.05, 3.63) is 89.2 Å². The van der Waals surface area contributed by atoms with Crippen molar-refractivity contribution in [1.29, 1.82) is 0 Å². The van der Waals surface area contributed by atoms with E-state index in [1.165, 1.54) is 18.2 Å². The maximum absolute atomic E-state index is 14.3. The van der Waals surface area contributed by atoms with Crippen molar-refractivity contribution in [2.24, 2.45) is 0 Å². The van der Waals surface area contributed by atoms with Gasteiger partial charge in [0, 0.05) is 11.5 Å². The number of ether oxygens (including phenoxy) is 1. The second-order valence-electron chi connectivity index (χ2n) is 6.04. The van der Waals surface area contributed by atoms with Crippen LogP contribution < -0.4 is 4.74 Å². The Kier molecular flexibility index (Phi) is 5.31. The van der Waals surface area contributed by atoms with Gasteiger partial charge in [0.05, 0.1) is 6.61 Å². The molecule has 26 heavy (non-hydrogen) atoms. The summed E-state index contributed by atoms with van der Waals surface area (Å²) in [7, 11) is 0. The van der Waals surface area contributed by atoms with E-state index >= 15 is 0 Å². The minimum absolute atomic E-state index is 0.0986. The van der Waals surface area contributed by atoms with E-state index < -0.39 is 11.6 Å². The molecule has 0 bridgehead atoms. The van der Waals surface area contributed by atoms with E-state index in [9.17, 15) is 13.2 Å². The lowest BCUT2D eigenvalue weighted by atomic mass is 9.91. The molecular formula is C22H19F3O. The van der Waals surface area contributed by atoms with Crippen LogP contribution in [-0.2, 0) is 0 Å². The molecule has 0 N–H and O–H groups in total. The van der Waals surface area contributed by atoms with Gasteiger partial charge in [0.15, 0.2) is 11.6 Å². The van der Waals surface area contributed by atoms with E-state index in [1.54, 1.807) is 49.4 Å². The number of benzene rings is 3. The van der Waals surface area contributed by atoms with E-state index in [4.69, 9.17) is 4.74 Å². The molecule has 1 nitrogen and oxygen atoms in total. The molecule has 0 aromatic heterocycles. The van der Waals surface area contributed by atoms with Gasteiger partial charge in [-0.1, -0.05) is 49.4 Å². The summed E-state index contributed by atoms with van der Waals surface area (Å²) < 4.78 is 47.4. The van der Waals surface area contributed by atoms with Gasteiger partial charge < -0.3 is 4.74 Å². The van der Waals surface area contributed by atoms with Crippen molar-refractivity contribution in [2.75, 3.05) is 6.61 Å². The molecule has 3 rings (SSSR count). The second-order valence-corrected chi connectivity index (χ2v) is 6.04. The third-order valence-electron chi connectivity index (χ3n) is 4.44. The quantitative estimate of drug-likeness (QED) is 0.520. The predicted molar refractivity (Wildman–Crippen MR) is 96.9 cm³/mol. The van der Waals surface area contributed by atoms with Crippen LogP contribution in [-0.4, -0.2) is 6.61 Å². The van der Waals surface area contributed by atoms with Crippen LogP contribution in [0.3, 0.4) is 0 Å². The lowest BCUT2D eigenvalue weighted by Crippen LogP contribution is -2.00. The first-order valence-corrected chi connectivity index (χ1v) is 8.48. The van der Waals surface area contributed by atoms with Crippen molar-refractivity contribution in [2.45, 2.75) is 19.8 Å². The van der Waals surface area contributed by atoms with Crippen LogP contribution in [0.1, 0.15) is 30.9 Å². The van der Waals surface area contributed by atoms with E-state index in [0.717, 1.165) is 5.56 Å². The van der Waals surface area contributed by atoms with Gasteiger partial charge >= 0.3 is 0 Å². The summed E-state index contributed by atoms with van der Waals surface area (Å²) in [6.45, 7) is 3.88. The van der Waals surface area contributed by atoms with Gasteiger partial charge in [-0.15, -0.1) is 0 Å². The summed E-state index contributed by atoms with van der Waals surface area (Å²) in [6, 6.07) is 16.6. The molecule has 0 spiro atoms. The molecule has 0 saturated heterocycles. The summed E-state index contributed by atoms with van der Waals surface area (Å²) in [5, 5.41) is 0. The summed E-state index contributed by atoms with van der Waals surface area (Å²) >= 11 is 0. The molecule has 3 aromatic carbocycles. The Morgan fingerprint density at radius 2 is 1.54 bits per heavy atom. The van der Waals surface area contributed by atoms with Crippen LogP contribution in [0.4, 0.5) is 13.2 Å². The Balaban J connectivity index is 1.91.